The Balaban J connectivity index is 1.72. The summed E-state index contributed by atoms with van der Waals surface area (Å²) in [5.74, 6) is -0.683. The molecule has 10 nitrogen and oxygen atoms in total. The number of anilines is 1. The van der Waals surface area contributed by atoms with Crippen molar-refractivity contribution in [2.24, 2.45) is 5.92 Å². The molecule has 0 saturated heterocycles. The fourth-order valence-corrected chi connectivity index (χ4v) is 5.51. The van der Waals surface area contributed by atoms with Crippen LogP contribution in [0.4, 0.5) is 5.69 Å². The molecule has 0 spiro atoms. The number of methoxy groups -OCH3 is 1. The van der Waals surface area contributed by atoms with Gasteiger partial charge in [0.25, 0.3) is 0 Å². The van der Waals surface area contributed by atoms with Crippen LogP contribution < -0.4 is 25.4 Å². The highest BCUT2D eigenvalue weighted by atomic mass is 35.5. The van der Waals surface area contributed by atoms with Gasteiger partial charge in [0, 0.05) is 5.69 Å². The number of nitrogens with one attached hydrogen (secondary N) is 5. The molecule has 206 valence electrons. The number of sulfonamides is 1. The van der Waals surface area contributed by atoms with Crippen LogP contribution in [0.2, 0.25) is 5.02 Å². The highest BCUT2D eigenvalue weighted by molar-refractivity contribution is 7.89. The lowest BCUT2D eigenvalue weighted by molar-refractivity contribution is -0.120. The maximum absolute atomic E-state index is 13.4. The summed E-state index contributed by atoms with van der Waals surface area (Å²) in [6.07, 6.45) is 4.58. The molecule has 2 amide bonds. The van der Waals surface area contributed by atoms with Gasteiger partial charge in [0.05, 0.1) is 23.4 Å². The fourth-order valence-electron chi connectivity index (χ4n) is 4.48. The second kappa shape index (κ2) is 13.1. The summed E-state index contributed by atoms with van der Waals surface area (Å²) in [5, 5.41) is 16.9. The van der Waals surface area contributed by atoms with Crippen LogP contribution in [0.15, 0.2) is 41.3 Å². The standard InChI is InChI=1S/C26H34ClN5O5S/c1-16-9-11-19(38(35,36)29-2)15-21(16)30-25(34)24(18-7-5-4-6-8-18)32-26(28)31-23(33)14-17-10-12-22(37-3)20(27)13-17/h9-13,15,18,24,29H,4-8,14H2,1-3H3,(H,30,34)(H3,28,31,32,33)/t24-/m1/s1. The predicted octanol–water partition coefficient (Wildman–Crippen LogP) is 3.34. The largest absolute Gasteiger partial charge is 0.495 e. The molecule has 1 atom stereocenters. The summed E-state index contributed by atoms with van der Waals surface area (Å²) in [6, 6.07) is 8.71. The van der Waals surface area contributed by atoms with Gasteiger partial charge in [-0.05, 0) is 68.1 Å². The zero-order valence-electron chi connectivity index (χ0n) is 21.7. The Morgan fingerprint density at radius 3 is 2.47 bits per heavy atom. The molecule has 5 N–H and O–H groups in total. The molecule has 1 saturated carbocycles. The normalized spacial score (nSPS) is 14.8. The van der Waals surface area contributed by atoms with Crippen LogP contribution in [0.5, 0.6) is 5.75 Å². The zero-order chi connectivity index (χ0) is 27.9. The predicted molar refractivity (Wildman–Crippen MR) is 147 cm³/mol. The van der Waals surface area contributed by atoms with Gasteiger partial charge in [-0.25, -0.2) is 13.1 Å². The SMILES string of the molecule is CNS(=O)(=O)c1ccc(C)c(NC(=O)[C@H](NC(=N)NC(=O)Cc2ccc(OC)c(Cl)c2)C2CCCCC2)c1. The molecule has 0 aromatic heterocycles. The number of carbonyl (C=O) groups excluding carboxylic acids is 2. The summed E-state index contributed by atoms with van der Waals surface area (Å²) in [7, 11) is -0.872. The highest BCUT2D eigenvalue weighted by Crippen LogP contribution is 2.28. The van der Waals surface area contributed by atoms with Crippen LogP contribution in [0, 0.1) is 18.3 Å². The maximum atomic E-state index is 13.4. The number of guanidine groups is 1. The Morgan fingerprint density at radius 2 is 1.84 bits per heavy atom. The lowest BCUT2D eigenvalue weighted by Gasteiger charge is -2.31. The van der Waals surface area contributed by atoms with Gasteiger partial charge in [-0.3, -0.25) is 20.3 Å². The van der Waals surface area contributed by atoms with Crippen molar-refractivity contribution >= 4 is 45.1 Å². The van der Waals surface area contributed by atoms with Crippen molar-refractivity contribution in [3.63, 3.8) is 0 Å². The van der Waals surface area contributed by atoms with Gasteiger partial charge in [0.2, 0.25) is 21.8 Å². The van der Waals surface area contributed by atoms with E-state index >= 15 is 0 Å². The summed E-state index contributed by atoms with van der Waals surface area (Å²) in [5.41, 5.74) is 1.70. The second-order valence-corrected chi connectivity index (χ2v) is 11.6. The Hall–Kier alpha value is -3.15. The summed E-state index contributed by atoms with van der Waals surface area (Å²) < 4.78 is 31.9. The van der Waals surface area contributed by atoms with Gasteiger partial charge in [-0.2, -0.15) is 0 Å². The number of carbonyl (C=O) groups is 2. The minimum Gasteiger partial charge on any atom is -0.495 e. The van der Waals surface area contributed by atoms with Gasteiger partial charge < -0.3 is 15.4 Å². The second-order valence-electron chi connectivity index (χ2n) is 9.26. The highest BCUT2D eigenvalue weighted by Gasteiger charge is 2.31. The number of aryl methyl sites for hydroxylation is 1. The van der Waals surface area contributed by atoms with Crippen molar-refractivity contribution in [1.82, 2.24) is 15.4 Å². The van der Waals surface area contributed by atoms with E-state index in [4.69, 9.17) is 21.7 Å². The van der Waals surface area contributed by atoms with E-state index in [1.165, 1.54) is 26.3 Å². The third-order valence-corrected chi connectivity index (χ3v) is 8.30. The summed E-state index contributed by atoms with van der Waals surface area (Å²) in [6.45, 7) is 1.77. The Labute approximate surface area is 228 Å². The smallest absolute Gasteiger partial charge is 0.247 e. The van der Waals surface area contributed by atoms with E-state index in [9.17, 15) is 18.0 Å². The van der Waals surface area contributed by atoms with E-state index in [2.05, 4.69) is 20.7 Å². The van der Waals surface area contributed by atoms with E-state index in [0.717, 1.165) is 32.1 Å². The Morgan fingerprint density at radius 1 is 1.13 bits per heavy atom. The van der Waals surface area contributed by atoms with Gasteiger partial charge in [-0.15, -0.1) is 0 Å². The molecule has 0 bridgehead atoms. The van der Waals surface area contributed by atoms with E-state index < -0.39 is 27.9 Å². The number of halogens is 1. The Kier molecular flexibility index (Phi) is 10.1. The van der Waals surface area contributed by atoms with Crippen LogP contribution >= 0.6 is 11.6 Å². The first-order valence-electron chi connectivity index (χ1n) is 12.4. The minimum atomic E-state index is -3.69. The van der Waals surface area contributed by atoms with E-state index in [1.54, 1.807) is 31.2 Å². The van der Waals surface area contributed by atoms with Gasteiger partial charge in [0.15, 0.2) is 5.96 Å². The molecule has 0 aliphatic heterocycles. The molecule has 1 fully saturated rings. The third kappa shape index (κ3) is 7.68. The van der Waals surface area contributed by atoms with Crippen molar-refractivity contribution in [2.75, 3.05) is 19.5 Å². The van der Waals surface area contributed by atoms with Crippen LogP contribution in [0.1, 0.15) is 43.2 Å². The molecule has 3 rings (SSSR count). The molecule has 38 heavy (non-hydrogen) atoms. The molecule has 12 heteroatoms. The zero-order valence-corrected chi connectivity index (χ0v) is 23.3. The number of ether oxygens (including phenoxy) is 1. The van der Waals surface area contributed by atoms with Gasteiger partial charge >= 0.3 is 0 Å². The molecule has 2 aromatic rings. The molecular weight excluding hydrogens is 530 g/mol. The first kappa shape index (κ1) is 29.4. The number of benzene rings is 2. The number of hydrogen-bond acceptors (Lipinski definition) is 6. The average molecular weight is 564 g/mol. The van der Waals surface area contributed by atoms with E-state index in [-0.39, 0.29) is 23.2 Å². The van der Waals surface area contributed by atoms with E-state index in [1.807, 2.05) is 0 Å². The molecule has 0 heterocycles. The molecule has 1 aliphatic rings. The monoisotopic (exact) mass is 563 g/mol. The first-order valence-corrected chi connectivity index (χ1v) is 14.2. The topological polar surface area (TPSA) is 149 Å². The van der Waals surface area contributed by atoms with Crippen molar-refractivity contribution in [3.05, 3.63) is 52.5 Å². The average Bonchev–Trinajstić information content (AvgIpc) is 2.89. The van der Waals surface area contributed by atoms with Crippen LogP contribution in [-0.2, 0) is 26.0 Å². The molecular formula is C26H34ClN5O5S. The van der Waals surface area contributed by atoms with Crippen molar-refractivity contribution < 1.29 is 22.7 Å². The minimum absolute atomic E-state index is 0.0139. The van der Waals surface area contributed by atoms with Gasteiger partial charge in [0.1, 0.15) is 11.8 Å². The molecule has 0 radical (unpaired) electrons. The lowest BCUT2D eigenvalue weighted by Crippen LogP contribution is -2.53. The van der Waals surface area contributed by atoms with Crippen molar-refractivity contribution in [2.45, 2.75) is 56.4 Å². The van der Waals surface area contributed by atoms with Crippen molar-refractivity contribution in [1.29, 1.82) is 5.41 Å². The molecule has 2 aromatic carbocycles. The Bertz CT molecular complexity index is 1290. The lowest BCUT2D eigenvalue weighted by atomic mass is 9.83. The van der Waals surface area contributed by atoms with Crippen LogP contribution in [0.25, 0.3) is 0 Å². The quantitative estimate of drug-likeness (QED) is 0.233. The number of rotatable bonds is 9. The third-order valence-electron chi connectivity index (χ3n) is 6.59. The molecule has 0 unspecified atom stereocenters. The first-order chi connectivity index (χ1) is 18.0. The van der Waals surface area contributed by atoms with Crippen molar-refractivity contribution in [3.8, 4) is 5.75 Å². The van der Waals surface area contributed by atoms with Crippen LogP contribution in [-0.4, -0.2) is 46.4 Å². The number of amides is 2. The van der Waals surface area contributed by atoms with E-state index in [0.29, 0.717) is 27.6 Å². The number of hydrogen-bond donors (Lipinski definition) is 5. The maximum Gasteiger partial charge on any atom is 0.247 e. The fraction of sp³-hybridized carbons (Fsp3) is 0.423. The van der Waals surface area contributed by atoms with Gasteiger partial charge in [-0.1, -0.05) is 43.0 Å². The summed E-state index contributed by atoms with van der Waals surface area (Å²) >= 11 is 6.14. The summed E-state index contributed by atoms with van der Waals surface area (Å²) in [4.78, 5) is 26.0. The van der Waals surface area contributed by atoms with Crippen LogP contribution in [0.3, 0.4) is 0 Å². The molecule has 1 aliphatic carbocycles.